The summed E-state index contributed by atoms with van der Waals surface area (Å²) in [4.78, 5) is 12.4. The molecule has 0 N–H and O–H groups in total. The van der Waals surface area contributed by atoms with Crippen LogP contribution in [-0.2, 0) is 10.2 Å². The lowest BCUT2D eigenvalue weighted by Gasteiger charge is -2.36. The highest BCUT2D eigenvalue weighted by atomic mass is 16.5. The smallest absolute Gasteiger partial charge is 0.140 e. The van der Waals surface area contributed by atoms with Crippen LogP contribution in [0.1, 0.15) is 69.9 Å². The van der Waals surface area contributed by atoms with Gasteiger partial charge in [0.1, 0.15) is 11.5 Å². The van der Waals surface area contributed by atoms with Gasteiger partial charge in [0.15, 0.2) is 0 Å². The molecule has 0 saturated heterocycles. The van der Waals surface area contributed by atoms with Crippen molar-refractivity contribution < 1.29 is 9.53 Å². The quantitative estimate of drug-likeness (QED) is 0.801. The zero-order valence-corrected chi connectivity index (χ0v) is 13.2. The Balaban J connectivity index is 2.56. The number of ether oxygens (including phenoxy) is 1. The molecule has 1 fully saturated rings. The largest absolute Gasteiger partial charge is 0.496 e. The minimum Gasteiger partial charge on any atom is -0.496 e. The molecule has 1 saturated carbocycles. The summed E-state index contributed by atoms with van der Waals surface area (Å²) in [5.74, 6) is 1.62. The van der Waals surface area contributed by atoms with Crippen LogP contribution in [-0.4, -0.2) is 12.9 Å². The van der Waals surface area contributed by atoms with E-state index in [2.05, 4.69) is 26.0 Å². The Morgan fingerprint density at radius 1 is 1.20 bits per heavy atom. The molecular weight excluding hydrogens is 248 g/mol. The summed E-state index contributed by atoms with van der Waals surface area (Å²) in [6.45, 7) is 6.12. The van der Waals surface area contributed by atoms with Crippen molar-refractivity contribution in [1.82, 2.24) is 0 Å². The standard InChI is InChI=1S/C18H26O2/c1-13(2)15-8-9-17(20-4)16(12-15)18(14(3)19)10-6-5-7-11-18/h8-9,12-13H,5-7,10-11H2,1-4H3. The first kappa shape index (κ1) is 15.1. The molecule has 2 rings (SSSR count). The van der Waals surface area contributed by atoms with E-state index in [0.717, 1.165) is 37.0 Å². The highest BCUT2D eigenvalue weighted by Crippen LogP contribution is 2.44. The maximum atomic E-state index is 12.4. The molecule has 1 aliphatic carbocycles. The van der Waals surface area contributed by atoms with E-state index in [1.165, 1.54) is 12.0 Å². The van der Waals surface area contributed by atoms with Gasteiger partial charge in [0.2, 0.25) is 0 Å². The van der Waals surface area contributed by atoms with E-state index >= 15 is 0 Å². The second-order valence-corrected chi connectivity index (χ2v) is 6.31. The first-order chi connectivity index (χ1) is 9.51. The number of carbonyl (C=O) groups excluding carboxylic acids is 1. The van der Waals surface area contributed by atoms with Gasteiger partial charge in [-0.15, -0.1) is 0 Å². The van der Waals surface area contributed by atoms with Crippen molar-refractivity contribution >= 4 is 5.78 Å². The normalized spacial score (nSPS) is 18.1. The molecule has 0 aliphatic heterocycles. The van der Waals surface area contributed by atoms with E-state index in [4.69, 9.17) is 4.74 Å². The predicted molar refractivity (Wildman–Crippen MR) is 82.5 cm³/mol. The fourth-order valence-electron chi connectivity index (χ4n) is 3.43. The van der Waals surface area contributed by atoms with Crippen LogP contribution in [0.15, 0.2) is 18.2 Å². The summed E-state index contributed by atoms with van der Waals surface area (Å²) < 4.78 is 5.56. The summed E-state index contributed by atoms with van der Waals surface area (Å²) in [5, 5.41) is 0. The van der Waals surface area contributed by atoms with Crippen LogP contribution in [0.2, 0.25) is 0 Å². The van der Waals surface area contributed by atoms with Crippen molar-refractivity contribution in [3.8, 4) is 5.75 Å². The van der Waals surface area contributed by atoms with Crippen molar-refractivity contribution in [1.29, 1.82) is 0 Å². The summed E-state index contributed by atoms with van der Waals surface area (Å²) in [6.07, 6.45) is 5.42. The summed E-state index contributed by atoms with van der Waals surface area (Å²) in [5.41, 5.74) is 2.07. The molecule has 0 bridgehead atoms. The number of carbonyl (C=O) groups is 1. The third-order valence-electron chi connectivity index (χ3n) is 4.79. The lowest BCUT2D eigenvalue weighted by Crippen LogP contribution is -2.36. The Bertz CT molecular complexity index is 482. The Kier molecular flexibility index (Phi) is 4.52. The zero-order valence-electron chi connectivity index (χ0n) is 13.2. The number of ketones is 1. The molecular formula is C18H26O2. The van der Waals surface area contributed by atoms with Crippen LogP contribution in [0.4, 0.5) is 0 Å². The van der Waals surface area contributed by atoms with Crippen molar-refractivity contribution in [3.63, 3.8) is 0 Å². The molecule has 2 heteroatoms. The van der Waals surface area contributed by atoms with Crippen molar-refractivity contribution in [2.24, 2.45) is 0 Å². The maximum absolute atomic E-state index is 12.4. The number of hydrogen-bond acceptors (Lipinski definition) is 2. The van der Waals surface area contributed by atoms with Crippen LogP contribution in [0.3, 0.4) is 0 Å². The van der Waals surface area contributed by atoms with Crippen LogP contribution in [0.5, 0.6) is 5.75 Å². The van der Waals surface area contributed by atoms with Gasteiger partial charge in [0.25, 0.3) is 0 Å². The molecule has 20 heavy (non-hydrogen) atoms. The van der Waals surface area contributed by atoms with E-state index in [0.29, 0.717) is 5.92 Å². The van der Waals surface area contributed by atoms with Gasteiger partial charge in [0, 0.05) is 5.56 Å². The molecule has 0 atom stereocenters. The van der Waals surface area contributed by atoms with E-state index in [9.17, 15) is 4.79 Å². The average molecular weight is 274 g/mol. The number of Topliss-reactive ketones (excluding diaryl/α,β-unsaturated/α-hetero) is 1. The molecule has 110 valence electrons. The predicted octanol–water partition coefficient (Wildman–Crippen LogP) is 4.61. The van der Waals surface area contributed by atoms with E-state index in [1.54, 1.807) is 14.0 Å². The minimum atomic E-state index is -0.325. The van der Waals surface area contributed by atoms with Crippen LogP contribution in [0.25, 0.3) is 0 Å². The monoisotopic (exact) mass is 274 g/mol. The van der Waals surface area contributed by atoms with Gasteiger partial charge in [-0.2, -0.15) is 0 Å². The second-order valence-electron chi connectivity index (χ2n) is 6.31. The molecule has 1 aromatic carbocycles. The number of methoxy groups -OCH3 is 1. The van der Waals surface area contributed by atoms with Gasteiger partial charge in [-0.25, -0.2) is 0 Å². The fraction of sp³-hybridized carbons (Fsp3) is 0.611. The van der Waals surface area contributed by atoms with Gasteiger partial charge in [-0.05, 0) is 37.3 Å². The van der Waals surface area contributed by atoms with Crippen molar-refractivity contribution in [2.75, 3.05) is 7.11 Å². The average Bonchev–Trinajstić information content (AvgIpc) is 2.47. The van der Waals surface area contributed by atoms with Crippen molar-refractivity contribution in [3.05, 3.63) is 29.3 Å². The van der Waals surface area contributed by atoms with E-state index < -0.39 is 0 Å². The Morgan fingerprint density at radius 2 is 1.85 bits per heavy atom. The van der Waals surface area contributed by atoms with E-state index in [-0.39, 0.29) is 11.2 Å². The summed E-state index contributed by atoms with van der Waals surface area (Å²) in [7, 11) is 1.70. The number of hydrogen-bond donors (Lipinski definition) is 0. The van der Waals surface area contributed by atoms with Crippen LogP contribution in [0, 0.1) is 0 Å². The van der Waals surface area contributed by atoms with Crippen molar-refractivity contribution in [2.45, 2.75) is 64.2 Å². The number of benzene rings is 1. The van der Waals surface area contributed by atoms with Gasteiger partial charge >= 0.3 is 0 Å². The summed E-state index contributed by atoms with van der Waals surface area (Å²) >= 11 is 0. The summed E-state index contributed by atoms with van der Waals surface area (Å²) in [6, 6.07) is 6.35. The molecule has 0 radical (unpaired) electrons. The third-order valence-corrected chi connectivity index (χ3v) is 4.79. The molecule has 0 amide bonds. The third kappa shape index (κ3) is 2.61. The topological polar surface area (TPSA) is 26.3 Å². The molecule has 1 aromatic rings. The lowest BCUT2D eigenvalue weighted by molar-refractivity contribution is -0.123. The second kappa shape index (κ2) is 5.99. The molecule has 0 unspecified atom stereocenters. The highest BCUT2D eigenvalue weighted by Gasteiger charge is 2.40. The molecule has 0 heterocycles. The Morgan fingerprint density at radius 3 is 2.35 bits per heavy atom. The first-order valence-electron chi connectivity index (χ1n) is 7.71. The zero-order chi connectivity index (χ0) is 14.8. The molecule has 2 nitrogen and oxygen atoms in total. The first-order valence-corrected chi connectivity index (χ1v) is 7.71. The highest BCUT2D eigenvalue weighted by molar-refractivity contribution is 5.89. The molecule has 1 aliphatic rings. The number of rotatable bonds is 4. The Labute approximate surface area is 122 Å². The molecule has 0 spiro atoms. The van der Waals surface area contributed by atoms with Gasteiger partial charge in [0.05, 0.1) is 12.5 Å². The van der Waals surface area contributed by atoms with Gasteiger partial charge in [-0.3, -0.25) is 4.79 Å². The SMILES string of the molecule is COc1ccc(C(C)C)cc1C1(C(C)=O)CCCCC1. The Hall–Kier alpha value is -1.31. The van der Waals surface area contributed by atoms with Crippen LogP contribution < -0.4 is 4.74 Å². The molecule has 0 aromatic heterocycles. The van der Waals surface area contributed by atoms with E-state index in [1.807, 2.05) is 6.07 Å². The van der Waals surface area contributed by atoms with Crippen LogP contribution >= 0.6 is 0 Å². The maximum Gasteiger partial charge on any atom is 0.140 e. The lowest BCUT2D eigenvalue weighted by atomic mass is 9.66. The fourth-order valence-corrected chi connectivity index (χ4v) is 3.43. The van der Waals surface area contributed by atoms with Gasteiger partial charge in [-0.1, -0.05) is 45.2 Å². The van der Waals surface area contributed by atoms with Gasteiger partial charge < -0.3 is 4.74 Å². The minimum absolute atomic E-state index is 0.288.